The zero-order valence-corrected chi connectivity index (χ0v) is 24.7. The second kappa shape index (κ2) is 13.9. The van der Waals surface area contributed by atoms with Gasteiger partial charge < -0.3 is 14.6 Å². The van der Waals surface area contributed by atoms with Gasteiger partial charge in [0.2, 0.25) is 0 Å². The van der Waals surface area contributed by atoms with Gasteiger partial charge in [0.05, 0.1) is 29.3 Å². The van der Waals surface area contributed by atoms with E-state index in [1.807, 2.05) is 37.3 Å². The first-order valence-corrected chi connectivity index (χ1v) is 14.2. The number of ether oxygens (including phenoxy) is 2. The normalized spacial score (nSPS) is 11.2. The van der Waals surface area contributed by atoms with Crippen LogP contribution in [0.25, 0.3) is 10.9 Å². The SMILES string of the molecule is C=CCc1cc(C=Nn2c(CCCC)nc3ccc(Br)cc3c2=O)cc(OCC)c1OCc1cccc(C(=O)O)c1. The van der Waals surface area contributed by atoms with Gasteiger partial charge in [0, 0.05) is 16.5 Å². The van der Waals surface area contributed by atoms with Crippen molar-refractivity contribution in [3.05, 3.63) is 110 Å². The highest BCUT2D eigenvalue weighted by Crippen LogP contribution is 2.34. The number of carboxylic acid groups (broad SMARTS) is 1. The number of unbranched alkanes of at least 4 members (excludes halogenated alkanes) is 1. The van der Waals surface area contributed by atoms with E-state index in [1.54, 1.807) is 30.5 Å². The molecule has 0 saturated carbocycles. The van der Waals surface area contributed by atoms with E-state index in [9.17, 15) is 14.7 Å². The average Bonchev–Trinajstić information content (AvgIpc) is 2.96. The van der Waals surface area contributed by atoms with Crippen LogP contribution in [0.2, 0.25) is 0 Å². The third-order valence-corrected chi connectivity index (χ3v) is 6.82. The van der Waals surface area contributed by atoms with Crippen LogP contribution < -0.4 is 15.0 Å². The van der Waals surface area contributed by atoms with E-state index in [0.717, 1.165) is 28.4 Å². The molecule has 0 bridgehead atoms. The summed E-state index contributed by atoms with van der Waals surface area (Å²) in [4.78, 5) is 29.6. The van der Waals surface area contributed by atoms with Crippen LogP contribution >= 0.6 is 15.9 Å². The van der Waals surface area contributed by atoms with Gasteiger partial charge in [-0.1, -0.05) is 47.5 Å². The molecule has 41 heavy (non-hydrogen) atoms. The number of hydrogen-bond donors (Lipinski definition) is 1. The van der Waals surface area contributed by atoms with Gasteiger partial charge in [-0.2, -0.15) is 9.78 Å². The van der Waals surface area contributed by atoms with Crippen molar-refractivity contribution in [2.45, 2.75) is 46.1 Å². The van der Waals surface area contributed by atoms with Crippen LogP contribution in [0.1, 0.15) is 59.6 Å². The van der Waals surface area contributed by atoms with Crippen LogP contribution in [0.3, 0.4) is 0 Å². The largest absolute Gasteiger partial charge is 0.490 e. The molecular weight excluding hydrogens is 586 g/mol. The second-order valence-electron chi connectivity index (χ2n) is 9.38. The lowest BCUT2D eigenvalue weighted by molar-refractivity contribution is 0.0696. The maximum atomic E-state index is 13.5. The zero-order chi connectivity index (χ0) is 29.4. The highest BCUT2D eigenvalue weighted by atomic mass is 79.9. The van der Waals surface area contributed by atoms with E-state index < -0.39 is 5.97 Å². The lowest BCUT2D eigenvalue weighted by Gasteiger charge is -2.17. The Balaban J connectivity index is 1.73. The number of aryl methyl sites for hydroxylation is 1. The molecule has 1 heterocycles. The van der Waals surface area contributed by atoms with E-state index >= 15 is 0 Å². The first kappa shape index (κ1) is 29.7. The average molecular weight is 619 g/mol. The van der Waals surface area contributed by atoms with E-state index in [-0.39, 0.29) is 17.7 Å². The number of nitrogens with zero attached hydrogens (tertiary/aromatic N) is 3. The van der Waals surface area contributed by atoms with Crippen LogP contribution in [-0.2, 0) is 19.4 Å². The number of benzene rings is 3. The van der Waals surface area contributed by atoms with Crippen molar-refractivity contribution in [2.24, 2.45) is 5.10 Å². The zero-order valence-electron chi connectivity index (χ0n) is 23.1. The fraction of sp³-hybridized carbons (Fsp3) is 0.250. The number of allylic oxidation sites excluding steroid dienone is 1. The molecule has 3 aromatic carbocycles. The van der Waals surface area contributed by atoms with Crippen molar-refractivity contribution in [1.29, 1.82) is 0 Å². The molecule has 8 nitrogen and oxygen atoms in total. The van der Waals surface area contributed by atoms with Gasteiger partial charge in [-0.3, -0.25) is 4.79 Å². The van der Waals surface area contributed by atoms with Gasteiger partial charge in [-0.05, 0) is 73.4 Å². The van der Waals surface area contributed by atoms with Gasteiger partial charge in [0.15, 0.2) is 11.5 Å². The Morgan fingerprint density at radius 3 is 2.71 bits per heavy atom. The molecule has 212 valence electrons. The first-order valence-electron chi connectivity index (χ1n) is 13.5. The molecule has 9 heteroatoms. The second-order valence-corrected chi connectivity index (χ2v) is 10.3. The minimum atomic E-state index is -0.996. The Labute approximate surface area is 247 Å². The number of rotatable bonds is 13. The van der Waals surface area contributed by atoms with Gasteiger partial charge >= 0.3 is 5.97 Å². The summed E-state index contributed by atoms with van der Waals surface area (Å²) in [7, 11) is 0. The molecule has 0 saturated heterocycles. The van der Waals surface area contributed by atoms with Crippen molar-refractivity contribution in [3.63, 3.8) is 0 Å². The highest BCUT2D eigenvalue weighted by molar-refractivity contribution is 9.10. The van der Waals surface area contributed by atoms with Crippen molar-refractivity contribution in [2.75, 3.05) is 6.61 Å². The van der Waals surface area contributed by atoms with Gasteiger partial charge in [0.25, 0.3) is 5.56 Å². The van der Waals surface area contributed by atoms with Crippen LogP contribution in [0, 0.1) is 0 Å². The summed E-state index contributed by atoms with van der Waals surface area (Å²) < 4.78 is 14.3. The maximum Gasteiger partial charge on any atom is 0.335 e. The molecule has 0 radical (unpaired) electrons. The van der Waals surface area contributed by atoms with Crippen molar-refractivity contribution in [3.8, 4) is 11.5 Å². The fourth-order valence-electron chi connectivity index (χ4n) is 4.38. The summed E-state index contributed by atoms with van der Waals surface area (Å²) in [5.74, 6) is 0.663. The number of carboxylic acids is 1. The number of halogens is 1. The first-order chi connectivity index (χ1) is 19.8. The summed E-state index contributed by atoms with van der Waals surface area (Å²) in [5.41, 5.74) is 2.85. The maximum absolute atomic E-state index is 13.5. The Morgan fingerprint density at radius 1 is 1.15 bits per heavy atom. The van der Waals surface area contributed by atoms with Gasteiger partial charge in [-0.15, -0.1) is 6.58 Å². The predicted octanol–water partition coefficient (Wildman–Crippen LogP) is 6.79. The lowest BCUT2D eigenvalue weighted by Crippen LogP contribution is -2.22. The standard InChI is InChI=1S/C32H32BrN3O5/c1-4-7-12-29-35-27-14-13-25(33)18-26(27)31(37)36(29)34-19-22-16-23(9-5-2)30(28(17-22)40-6-3)41-20-21-10-8-11-24(15-21)32(38)39/h5,8,10-11,13-19H,2,4,6-7,9,12,20H2,1,3H3,(H,38,39). The van der Waals surface area contributed by atoms with Crippen LogP contribution in [-0.4, -0.2) is 33.6 Å². The van der Waals surface area contributed by atoms with E-state index in [4.69, 9.17) is 14.5 Å². The fourth-order valence-corrected chi connectivity index (χ4v) is 4.74. The molecule has 4 aromatic rings. The Bertz CT molecular complexity index is 1660. The molecule has 1 aromatic heterocycles. The van der Waals surface area contributed by atoms with Crippen LogP contribution in [0.4, 0.5) is 0 Å². The Hall–Kier alpha value is -4.24. The number of hydrogen-bond acceptors (Lipinski definition) is 6. The van der Waals surface area contributed by atoms with Crippen LogP contribution in [0.15, 0.2) is 81.6 Å². The molecule has 0 aliphatic carbocycles. The van der Waals surface area contributed by atoms with E-state index in [2.05, 4.69) is 34.5 Å². The minimum Gasteiger partial charge on any atom is -0.490 e. The number of aromatic nitrogens is 2. The van der Waals surface area contributed by atoms with Gasteiger partial charge in [0.1, 0.15) is 12.4 Å². The molecule has 0 amide bonds. The third kappa shape index (κ3) is 7.29. The predicted molar refractivity (Wildman–Crippen MR) is 165 cm³/mol. The molecule has 0 unspecified atom stereocenters. The lowest BCUT2D eigenvalue weighted by atomic mass is 10.1. The summed E-state index contributed by atoms with van der Waals surface area (Å²) in [5, 5.41) is 14.4. The van der Waals surface area contributed by atoms with Crippen molar-refractivity contribution >= 4 is 39.0 Å². The molecule has 0 spiro atoms. The summed E-state index contributed by atoms with van der Waals surface area (Å²) in [6.45, 7) is 8.42. The molecule has 0 aliphatic rings. The topological polar surface area (TPSA) is 103 Å². The van der Waals surface area contributed by atoms with Crippen LogP contribution in [0.5, 0.6) is 11.5 Å². The van der Waals surface area contributed by atoms with Crippen molar-refractivity contribution < 1.29 is 19.4 Å². The number of fused-ring (bicyclic) bond motifs is 1. The summed E-state index contributed by atoms with van der Waals surface area (Å²) >= 11 is 3.44. The van der Waals surface area contributed by atoms with E-state index in [0.29, 0.717) is 53.2 Å². The molecule has 0 atom stereocenters. The smallest absolute Gasteiger partial charge is 0.335 e. The summed E-state index contributed by atoms with van der Waals surface area (Å²) in [6, 6.07) is 15.8. The van der Waals surface area contributed by atoms with Gasteiger partial charge in [-0.25, -0.2) is 9.78 Å². The Kier molecular flexibility index (Phi) is 10.1. The monoisotopic (exact) mass is 617 g/mol. The number of aromatic carboxylic acids is 1. The van der Waals surface area contributed by atoms with Crippen molar-refractivity contribution in [1.82, 2.24) is 9.66 Å². The quantitative estimate of drug-likeness (QED) is 0.131. The molecule has 4 rings (SSSR count). The summed E-state index contributed by atoms with van der Waals surface area (Å²) in [6.07, 6.45) is 6.35. The Morgan fingerprint density at radius 2 is 1.98 bits per heavy atom. The molecular formula is C32H32BrN3O5. The van der Waals surface area contributed by atoms with E-state index in [1.165, 1.54) is 10.7 Å². The number of carbonyl (C=O) groups is 1. The molecule has 0 fully saturated rings. The minimum absolute atomic E-state index is 0.160. The molecule has 0 aliphatic heterocycles. The molecule has 1 N–H and O–H groups in total. The highest BCUT2D eigenvalue weighted by Gasteiger charge is 2.15. The third-order valence-electron chi connectivity index (χ3n) is 6.33.